The van der Waals surface area contributed by atoms with Crippen LogP contribution in [0.1, 0.15) is 16.1 Å². The second-order valence-corrected chi connectivity index (χ2v) is 7.32. The molecule has 0 radical (unpaired) electrons. The summed E-state index contributed by atoms with van der Waals surface area (Å²) in [5.41, 5.74) is 8.30. The van der Waals surface area contributed by atoms with Gasteiger partial charge in [0.2, 0.25) is 0 Å². The van der Waals surface area contributed by atoms with Crippen LogP contribution in [0.15, 0.2) is 57.4 Å². The topological polar surface area (TPSA) is 61.1 Å². The van der Waals surface area contributed by atoms with Crippen molar-refractivity contribution in [1.29, 1.82) is 5.26 Å². The molecule has 0 atom stereocenters. The minimum atomic E-state index is 0.268. The SMILES string of the molecule is Cc1ccc(-c2csc(C(C#N)=NNc3ccc(Br)cc3)n2)c(C)c1. The van der Waals surface area contributed by atoms with E-state index in [1.165, 1.54) is 22.5 Å². The molecule has 0 saturated carbocycles. The molecule has 0 aliphatic heterocycles. The van der Waals surface area contributed by atoms with Crippen molar-refractivity contribution in [2.45, 2.75) is 13.8 Å². The fourth-order valence-electron chi connectivity index (χ4n) is 2.37. The zero-order valence-corrected chi connectivity index (χ0v) is 16.1. The van der Waals surface area contributed by atoms with Gasteiger partial charge in [-0.3, -0.25) is 5.43 Å². The van der Waals surface area contributed by atoms with Crippen LogP contribution in [-0.2, 0) is 0 Å². The third-order valence-electron chi connectivity index (χ3n) is 3.61. The molecule has 25 heavy (non-hydrogen) atoms. The molecule has 0 aliphatic carbocycles. The first kappa shape index (κ1) is 17.3. The maximum Gasteiger partial charge on any atom is 0.196 e. The van der Waals surface area contributed by atoms with Crippen LogP contribution in [0.3, 0.4) is 0 Å². The van der Waals surface area contributed by atoms with Crippen molar-refractivity contribution in [3.05, 3.63) is 68.5 Å². The quantitative estimate of drug-likeness (QED) is 0.454. The number of aromatic nitrogens is 1. The van der Waals surface area contributed by atoms with Gasteiger partial charge in [-0.05, 0) is 43.7 Å². The summed E-state index contributed by atoms with van der Waals surface area (Å²) in [4.78, 5) is 4.59. The van der Waals surface area contributed by atoms with E-state index in [4.69, 9.17) is 0 Å². The number of benzene rings is 2. The van der Waals surface area contributed by atoms with Crippen LogP contribution in [0.25, 0.3) is 11.3 Å². The van der Waals surface area contributed by atoms with Gasteiger partial charge in [0.25, 0.3) is 0 Å². The van der Waals surface area contributed by atoms with Gasteiger partial charge in [0.15, 0.2) is 10.7 Å². The van der Waals surface area contributed by atoms with E-state index in [-0.39, 0.29) is 5.71 Å². The molecule has 1 aromatic heterocycles. The number of thiazole rings is 1. The Labute approximate surface area is 159 Å². The highest BCUT2D eigenvalue weighted by Gasteiger charge is 2.12. The third-order valence-corrected chi connectivity index (χ3v) is 4.99. The summed E-state index contributed by atoms with van der Waals surface area (Å²) in [5.74, 6) is 0. The van der Waals surface area contributed by atoms with Crippen molar-refractivity contribution in [3.63, 3.8) is 0 Å². The number of aryl methyl sites for hydroxylation is 2. The summed E-state index contributed by atoms with van der Waals surface area (Å²) in [6, 6.07) is 15.9. The number of rotatable bonds is 4. The van der Waals surface area contributed by atoms with E-state index < -0.39 is 0 Å². The highest BCUT2D eigenvalue weighted by Crippen LogP contribution is 2.26. The number of nitriles is 1. The first-order chi connectivity index (χ1) is 12.1. The molecule has 0 bridgehead atoms. The van der Waals surface area contributed by atoms with Gasteiger partial charge in [0.05, 0.1) is 11.4 Å². The monoisotopic (exact) mass is 410 g/mol. The van der Waals surface area contributed by atoms with Gasteiger partial charge in [0, 0.05) is 15.4 Å². The van der Waals surface area contributed by atoms with Crippen molar-refractivity contribution in [2.24, 2.45) is 5.10 Å². The van der Waals surface area contributed by atoms with Crippen molar-refractivity contribution in [2.75, 3.05) is 5.43 Å². The number of halogens is 1. The second kappa shape index (κ2) is 7.60. The third kappa shape index (κ3) is 4.13. The molecule has 124 valence electrons. The minimum absolute atomic E-state index is 0.268. The maximum atomic E-state index is 9.41. The van der Waals surface area contributed by atoms with E-state index >= 15 is 0 Å². The molecule has 6 heteroatoms. The molecule has 1 heterocycles. The molecule has 0 unspecified atom stereocenters. The maximum absolute atomic E-state index is 9.41. The van der Waals surface area contributed by atoms with Crippen molar-refractivity contribution < 1.29 is 0 Å². The summed E-state index contributed by atoms with van der Waals surface area (Å²) in [6.45, 7) is 4.13. The van der Waals surface area contributed by atoms with Gasteiger partial charge in [-0.25, -0.2) is 4.98 Å². The highest BCUT2D eigenvalue weighted by atomic mass is 79.9. The van der Waals surface area contributed by atoms with Gasteiger partial charge >= 0.3 is 0 Å². The number of hydrazone groups is 1. The van der Waals surface area contributed by atoms with E-state index in [9.17, 15) is 5.26 Å². The van der Waals surface area contributed by atoms with Gasteiger partial charge in [0.1, 0.15) is 6.07 Å². The average Bonchev–Trinajstić information content (AvgIpc) is 3.06. The Morgan fingerprint density at radius 3 is 2.64 bits per heavy atom. The molecule has 2 aromatic carbocycles. The standard InChI is InChI=1S/C19H15BrN4S/c1-12-3-8-16(13(2)9-12)18-11-25-19(22-18)17(10-21)24-23-15-6-4-14(20)5-7-15/h3-9,11,23H,1-2H3. The predicted molar refractivity (Wildman–Crippen MR) is 107 cm³/mol. The van der Waals surface area contributed by atoms with Crippen molar-refractivity contribution in [3.8, 4) is 17.3 Å². The molecule has 0 aliphatic rings. The Kier molecular flexibility index (Phi) is 5.27. The molecule has 0 fully saturated rings. The fraction of sp³-hybridized carbons (Fsp3) is 0.105. The fourth-order valence-corrected chi connectivity index (χ4v) is 3.39. The summed E-state index contributed by atoms with van der Waals surface area (Å²) < 4.78 is 0.987. The lowest BCUT2D eigenvalue weighted by Crippen LogP contribution is -2.01. The minimum Gasteiger partial charge on any atom is -0.277 e. The molecular weight excluding hydrogens is 396 g/mol. The number of hydrogen-bond acceptors (Lipinski definition) is 5. The second-order valence-electron chi connectivity index (χ2n) is 5.55. The van der Waals surface area contributed by atoms with E-state index in [1.54, 1.807) is 0 Å². The van der Waals surface area contributed by atoms with E-state index in [0.717, 1.165) is 21.4 Å². The molecule has 1 N–H and O–H groups in total. The Balaban J connectivity index is 1.85. The lowest BCUT2D eigenvalue weighted by molar-refractivity contribution is 1.30. The number of nitrogens with zero attached hydrogens (tertiary/aromatic N) is 3. The van der Waals surface area contributed by atoms with Gasteiger partial charge < -0.3 is 0 Å². The molecule has 0 spiro atoms. The summed E-state index contributed by atoms with van der Waals surface area (Å²) >= 11 is 4.80. The van der Waals surface area contributed by atoms with Crippen LogP contribution in [0.4, 0.5) is 5.69 Å². The van der Waals surface area contributed by atoms with Crippen LogP contribution in [0.2, 0.25) is 0 Å². The van der Waals surface area contributed by atoms with Crippen LogP contribution < -0.4 is 5.43 Å². The highest BCUT2D eigenvalue weighted by molar-refractivity contribution is 9.10. The Bertz CT molecular complexity index is 968. The lowest BCUT2D eigenvalue weighted by Gasteiger charge is -2.03. The largest absolute Gasteiger partial charge is 0.277 e. The number of nitrogens with one attached hydrogen (secondary N) is 1. The Morgan fingerprint density at radius 1 is 1.20 bits per heavy atom. The first-order valence-corrected chi connectivity index (χ1v) is 9.27. The smallest absolute Gasteiger partial charge is 0.196 e. The van der Waals surface area contributed by atoms with Crippen LogP contribution in [0, 0.1) is 25.2 Å². The Hall–Kier alpha value is -2.49. The van der Waals surface area contributed by atoms with Crippen LogP contribution in [0.5, 0.6) is 0 Å². The molecule has 4 nitrogen and oxygen atoms in total. The van der Waals surface area contributed by atoms with Gasteiger partial charge in [-0.15, -0.1) is 11.3 Å². The Morgan fingerprint density at radius 2 is 1.96 bits per heavy atom. The normalized spacial score (nSPS) is 11.2. The van der Waals surface area contributed by atoms with E-state index in [2.05, 4.69) is 69.6 Å². The summed E-state index contributed by atoms with van der Waals surface area (Å²) in [7, 11) is 0. The molecular formula is C19H15BrN4S. The lowest BCUT2D eigenvalue weighted by atomic mass is 10.0. The van der Waals surface area contributed by atoms with E-state index in [1.807, 2.05) is 29.6 Å². The number of hydrogen-bond donors (Lipinski definition) is 1. The summed E-state index contributed by atoms with van der Waals surface area (Å²) in [6.07, 6.45) is 0. The van der Waals surface area contributed by atoms with Crippen LogP contribution in [-0.4, -0.2) is 10.7 Å². The van der Waals surface area contributed by atoms with Gasteiger partial charge in [-0.2, -0.15) is 10.4 Å². The molecule has 0 saturated heterocycles. The van der Waals surface area contributed by atoms with Crippen molar-refractivity contribution >= 4 is 38.7 Å². The van der Waals surface area contributed by atoms with E-state index in [0.29, 0.717) is 5.01 Å². The predicted octanol–water partition coefficient (Wildman–Crippen LogP) is 5.53. The van der Waals surface area contributed by atoms with Crippen molar-refractivity contribution in [1.82, 2.24) is 4.98 Å². The number of anilines is 1. The molecule has 3 rings (SSSR count). The average molecular weight is 411 g/mol. The first-order valence-electron chi connectivity index (χ1n) is 7.59. The zero-order chi connectivity index (χ0) is 17.8. The molecule has 0 amide bonds. The molecule has 3 aromatic rings. The summed E-state index contributed by atoms with van der Waals surface area (Å²) in [5, 5.41) is 16.2. The van der Waals surface area contributed by atoms with Gasteiger partial charge in [-0.1, -0.05) is 39.7 Å². The zero-order valence-electron chi connectivity index (χ0n) is 13.7. The van der Waals surface area contributed by atoms with Crippen LogP contribution >= 0.6 is 27.3 Å².